The van der Waals surface area contributed by atoms with Gasteiger partial charge in [-0.2, -0.15) is 0 Å². The van der Waals surface area contributed by atoms with Crippen molar-refractivity contribution in [3.05, 3.63) is 0 Å². The lowest BCUT2D eigenvalue weighted by Gasteiger charge is -2.30. The minimum Gasteiger partial charge on any atom is -0.481 e. The lowest BCUT2D eigenvalue weighted by Crippen LogP contribution is -2.39. The Bertz CT molecular complexity index is 277. The average molecular weight is 197 g/mol. The van der Waals surface area contributed by atoms with Crippen LogP contribution in [0.2, 0.25) is 0 Å². The third kappa shape index (κ3) is 1.49. The molecule has 1 aliphatic carbocycles. The van der Waals surface area contributed by atoms with Crippen LogP contribution >= 0.6 is 0 Å². The zero-order chi connectivity index (χ0) is 10.3. The summed E-state index contributed by atoms with van der Waals surface area (Å²) in [6, 6.07) is 0.321. The molecule has 0 radical (unpaired) electrons. The number of carboxylic acid groups (broad SMARTS) is 1. The van der Waals surface area contributed by atoms with Gasteiger partial charge in [0, 0.05) is 25.9 Å². The minimum atomic E-state index is -0.711. The van der Waals surface area contributed by atoms with Crippen LogP contribution in [0.4, 0.5) is 0 Å². The van der Waals surface area contributed by atoms with E-state index in [0.29, 0.717) is 17.9 Å². The van der Waals surface area contributed by atoms with Crippen molar-refractivity contribution in [1.82, 2.24) is 4.90 Å². The molecule has 2 aliphatic rings. The maximum atomic E-state index is 11.2. The van der Waals surface area contributed by atoms with Crippen LogP contribution in [0.25, 0.3) is 0 Å². The summed E-state index contributed by atoms with van der Waals surface area (Å²) in [4.78, 5) is 23.6. The molecule has 3 atom stereocenters. The molecular formula is C10H15NO3. The molecule has 78 valence electrons. The largest absolute Gasteiger partial charge is 0.481 e. The molecule has 14 heavy (non-hydrogen) atoms. The first-order valence-corrected chi connectivity index (χ1v) is 5.07. The van der Waals surface area contributed by atoms with E-state index in [2.05, 4.69) is 0 Å². The first-order valence-electron chi connectivity index (χ1n) is 5.07. The molecule has 3 unspecified atom stereocenters. The number of hydrogen-bond acceptors (Lipinski definition) is 2. The molecule has 0 aromatic heterocycles. The highest BCUT2D eigenvalue weighted by molar-refractivity contribution is 5.74. The van der Waals surface area contributed by atoms with E-state index >= 15 is 0 Å². The molecule has 1 heterocycles. The summed E-state index contributed by atoms with van der Waals surface area (Å²) in [5.41, 5.74) is 0. The van der Waals surface area contributed by atoms with Crippen molar-refractivity contribution in [2.45, 2.75) is 32.2 Å². The fourth-order valence-electron chi connectivity index (χ4n) is 2.92. The number of rotatable bonds is 2. The van der Waals surface area contributed by atoms with Crippen LogP contribution in [-0.2, 0) is 9.59 Å². The molecule has 0 aromatic carbocycles. The van der Waals surface area contributed by atoms with E-state index in [9.17, 15) is 9.59 Å². The fraction of sp³-hybridized carbons (Fsp3) is 0.800. The molecule has 2 fully saturated rings. The van der Waals surface area contributed by atoms with E-state index in [1.807, 2.05) is 4.90 Å². The SMILES string of the molecule is CC(=O)N1CC2CC1CC2CC(=O)O. The van der Waals surface area contributed by atoms with E-state index < -0.39 is 5.97 Å². The van der Waals surface area contributed by atoms with Crippen LogP contribution < -0.4 is 0 Å². The first-order chi connectivity index (χ1) is 6.58. The van der Waals surface area contributed by atoms with Gasteiger partial charge in [-0.15, -0.1) is 0 Å². The van der Waals surface area contributed by atoms with Crippen molar-refractivity contribution in [1.29, 1.82) is 0 Å². The van der Waals surface area contributed by atoms with E-state index in [4.69, 9.17) is 5.11 Å². The molecule has 0 aromatic rings. The topological polar surface area (TPSA) is 57.6 Å². The van der Waals surface area contributed by atoms with Crippen molar-refractivity contribution in [2.24, 2.45) is 11.8 Å². The van der Waals surface area contributed by atoms with Crippen LogP contribution in [0.5, 0.6) is 0 Å². The maximum Gasteiger partial charge on any atom is 0.303 e. The summed E-state index contributed by atoms with van der Waals surface area (Å²) in [7, 11) is 0. The predicted octanol–water partition coefficient (Wildman–Crippen LogP) is 0.718. The third-order valence-corrected chi connectivity index (χ3v) is 3.53. The second-order valence-electron chi connectivity index (χ2n) is 4.41. The van der Waals surface area contributed by atoms with Gasteiger partial charge < -0.3 is 10.0 Å². The molecule has 1 N–H and O–H groups in total. The van der Waals surface area contributed by atoms with Crippen molar-refractivity contribution in [2.75, 3.05) is 6.54 Å². The van der Waals surface area contributed by atoms with Gasteiger partial charge in [-0.1, -0.05) is 0 Å². The summed E-state index contributed by atoms with van der Waals surface area (Å²) in [6.45, 7) is 2.37. The number of nitrogens with zero attached hydrogens (tertiary/aromatic N) is 1. The number of aliphatic carboxylic acids is 1. The van der Waals surface area contributed by atoms with E-state index in [-0.39, 0.29) is 12.3 Å². The van der Waals surface area contributed by atoms with Crippen LogP contribution in [-0.4, -0.2) is 34.5 Å². The number of carbonyl (C=O) groups is 2. The number of likely N-dealkylation sites (tertiary alicyclic amines) is 1. The summed E-state index contributed by atoms with van der Waals surface area (Å²) >= 11 is 0. The van der Waals surface area contributed by atoms with Gasteiger partial charge in [0.05, 0.1) is 0 Å². The molecule has 2 rings (SSSR count). The Hall–Kier alpha value is -1.06. The monoisotopic (exact) mass is 197 g/mol. The van der Waals surface area contributed by atoms with Crippen molar-refractivity contribution in [3.8, 4) is 0 Å². The van der Waals surface area contributed by atoms with Gasteiger partial charge in [-0.25, -0.2) is 0 Å². The molecular weight excluding hydrogens is 182 g/mol. The fourth-order valence-corrected chi connectivity index (χ4v) is 2.92. The Labute approximate surface area is 82.9 Å². The highest BCUT2D eigenvalue weighted by atomic mass is 16.4. The molecule has 4 nitrogen and oxygen atoms in total. The zero-order valence-electron chi connectivity index (χ0n) is 8.27. The number of fused-ring (bicyclic) bond motifs is 2. The normalized spacial score (nSPS) is 34.9. The van der Waals surface area contributed by atoms with Crippen LogP contribution in [0.15, 0.2) is 0 Å². The van der Waals surface area contributed by atoms with Crippen molar-refractivity contribution < 1.29 is 14.7 Å². The van der Waals surface area contributed by atoms with Gasteiger partial charge in [0.1, 0.15) is 0 Å². The van der Waals surface area contributed by atoms with E-state index in [1.54, 1.807) is 6.92 Å². The standard InChI is InChI=1S/C10H15NO3/c1-6(12)11-5-8-3-9(11)2-7(8)4-10(13)14/h7-9H,2-5H2,1H3,(H,13,14). The molecule has 1 saturated carbocycles. The number of piperidine rings is 1. The molecule has 4 heteroatoms. The number of hydrogen-bond donors (Lipinski definition) is 1. The smallest absolute Gasteiger partial charge is 0.303 e. The second kappa shape index (κ2) is 3.26. The van der Waals surface area contributed by atoms with Gasteiger partial charge in [0.25, 0.3) is 0 Å². The van der Waals surface area contributed by atoms with Crippen molar-refractivity contribution in [3.63, 3.8) is 0 Å². The Balaban J connectivity index is 1.96. The molecule has 2 bridgehead atoms. The second-order valence-corrected chi connectivity index (χ2v) is 4.41. The summed E-state index contributed by atoms with van der Waals surface area (Å²) in [5.74, 6) is 0.149. The first kappa shape index (κ1) is 9.49. The van der Waals surface area contributed by atoms with Gasteiger partial charge >= 0.3 is 5.97 Å². The zero-order valence-corrected chi connectivity index (χ0v) is 8.27. The van der Waals surface area contributed by atoms with Crippen LogP contribution in [0.1, 0.15) is 26.2 Å². The maximum absolute atomic E-state index is 11.2. The Morgan fingerprint density at radius 1 is 1.43 bits per heavy atom. The lowest BCUT2D eigenvalue weighted by atomic mass is 9.91. The average Bonchev–Trinajstić information content (AvgIpc) is 2.60. The summed E-state index contributed by atoms with van der Waals surface area (Å²) in [6.07, 6.45) is 2.17. The minimum absolute atomic E-state index is 0.131. The summed E-state index contributed by atoms with van der Waals surface area (Å²) < 4.78 is 0. The predicted molar refractivity (Wildman–Crippen MR) is 49.6 cm³/mol. The Morgan fingerprint density at radius 2 is 2.14 bits per heavy atom. The van der Waals surface area contributed by atoms with Gasteiger partial charge in [-0.05, 0) is 24.7 Å². The lowest BCUT2D eigenvalue weighted by molar-refractivity contribution is -0.138. The number of carbonyl (C=O) groups excluding carboxylic acids is 1. The quantitative estimate of drug-likeness (QED) is 0.709. The van der Waals surface area contributed by atoms with Gasteiger partial charge in [-0.3, -0.25) is 9.59 Å². The molecule has 0 spiro atoms. The number of carboxylic acids is 1. The number of amides is 1. The highest BCUT2D eigenvalue weighted by Gasteiger charge is 2.45. The third-order valence-electron chi connectivity index (χ3n) is 3.53. The van der Waals surface area contributed by atoms with E-state index in [0.717, 1.165) is 19.4 Å². The van der Waals surface area contributed by atoms with Gasteiger partial charge in [0.15, 0.2) is 0 Å². The van der Waals surface area contributed by atoms with Gasteiger partial charge in [0.2, 0.25) is 5.91 Å². The molecule has 1 saturated heterocycles. The summed E-state index contributed by atoms with van der Waals surface area (Å²) in [5, 5.41) is 8.70. The molecule has 1 aliphatic heterocycles. The van der Waals surface area contributed by atoms with E-state index in [1.165, 1.54) is 0 Å². The van der Waals surface area contributed by atoms with Crippen LogP contribution in [0, 0.1) is 11.8 Å². The van der Waals surface area contributed by atoms with Crippen molar-refractivity contribution >= 4 is 11.9 Å². The van der Waals surface area contributed by atoms with Crippen LogP contribution in [0.3, 0.4) is 0 Å². The highest BCUT2D eigenvalue weighted by Crippen LogP contribution is 2.43. The Morgan fingerprint density at radius 3 is 2.57 bits per heavy atom. The molecule has 1 amide bonds. The Kier molecular flexibility index (Phi) is 2.21.